The smallest absolute Gasteiger partial charge is 0.356 e. The summed E-state index contributed by atoms with van der Waals surface area (Å²) in [4.78, 5) is 16.8. The maximum Gasteiger partial charge on any atom is 0.356 e. The molecule has 5 nitrogen and oxygen atoms in total. The summed E-state index contributed by atoms with van der Waals surface area (Å²) < 4.78 is 4.93. The van der Waals surface area contributed by atoms with Crippen LogP contribution in [0, 0.1) is 0 Å². The first-order valence-electron chi connectivity index (χ1n) is 6.31. The molecule has 0 saturated carbocycles. The van der Waals surface area contributed by atoms with E-state index in [-0.39, 0.29) is 11.5 Å². The van der Waals surface area contributed by atoms with Crippen molar-refractivity contribution in [3.63, 3.8) is 0 Å². The van der Waals surface area contributed by atoms with Gasteiger partial charge in [0.15, 0.2) is 5.71 Å². The Balaban J connectivity index is 2.75. The molecule has 104 valence electrons. The molecule has 0 unspecified atom stereocenters. The van der Waals surface area contributed by atoms with E-state index in [1.807, 2.05) is 6.92 Å². The number of ether oxygens (including phenoxy) is 1. The average molecular weight is 265 g/mol. The third kappa shape index (κ3) is 5.42. The topological polar surface area (TPSA) is 68.1 Å². The molecule has 0 aliphatic carbocycles. The molecule has 0 amide bonds. The molecule has 0 spiro atoms. The molecule has 0 saturated heterocycles. The van der Waals surface area contributed by atoms with Gasteiger partial charge in [0, 0.05) is 6.42 Å². The number of phenolic OH excluding ortho intramolecular Hbond substituents is 1. The van der Waals surface area contributed by atoms with Gasteiger partial charge in [-0.1, -0.05) is 24.2 Å². The van der Waals surface area contributed by atoms with Crippen LogP contribution in [-0.4, -0.2) is 30.0 Å². The second kappa shape index (κ2) is 8.13. The van der Waals surface area contributed by atoms with Gasteiger partial charge in [-0.25, -0.2) is 4.79 Å². The van der Waals surface area contributed by atoms with Gasteiger partial charge in [0.1, 0.15) is 12.4 Å². The van der Waals surface area contributed by atoms with E-state index in [9.17, 15) is 9.90 Å². The number of hydrogen-bond acceptors (Lipinski definition) is 5. The van der Waals surface area contributed by atoms with Crippen molar-refractivity contribution in [2.75, 3.05) is 13.2 Å². The van der Waals surface area contributed by atoms with Gasteiger partial charge in [-0.2, -0.15) is 0 Å². The third-order valence-electron chi connectivity index (χ3n) is 2.29. The molecule has 1 aromatic carbocycles. The Bertz CT molecular complexity index is 426. The van der Waals surface area contributed by atoms with Crippen LogP contribution in [-0.2, 0) is 20.8 Å². The van der Waals surface area contributed by atoms with Crippen LogP contribution in [0.2, 0.25) is 0 Å². The molecule has 1 N–H and O–H groups in total. The molecule has 0 fully saturated rings. The van der Waals surface area contributed by atoms with Crippen LogP contribution < -0.4 is 0 Å². The first kappa shape index (κ1) is 15.0. The Morgan fingerprint density at radius 3 is 2.53 bits per heavy atom. The highest BCUT2D eigenvalue weighted by atomic mass is 16.6. The van der Waals surface area contributed by atoms with E-state index in [1.165, 1.54) is 0 Å². The molecular weight excluding hydrogens is 246 g/mol. The third-order valence-corrected chi connectivity index (χ3v) is 2.29. The quantitative estimate of drug-likeness (QED) is 0.355. The number of aromatic hydroxyl groups is 1. The lowest BCUT2D eigenvalue weighted by Crippen LogP contribution is -2.20. The van der Waals surface area contributed by atoms with Crippen LogP contribution in [0.15, 0.2) is 29.4 Å². The Hall–Kier alpha value is -2.04. The van der Waals surface area contributed by atoms with Crippen LogP contribution in [0.3, 0.4) is 0 Å². The van der Waals surface area contributed by atoms with Gasteiger partial charge in [0.05, 0.1) is 6.61 Å². The first-order valence-corrected chi connectivity index (χ1v) is 6.31. The van der Waals surface area contributed by atoms with Crippen LogP contribution in [0.4, 0.5) is 0 Å². The molecule has 0 heterocycles. The maximum atomic E-state index is 11.7. The SMILES string of the molecule is CCCON=C(Cc1ccc(O)cc1)C(=O)OCC. The lowest BCUT2D eigenvalue weighted by atomic mass is 10.1. The summed E-state index contributed by atoms with van der Waals surface area (Å²) in [7, 11) is 0. The zero-order valence-corrected chi connectivity index (χ0v) is 11.3. The maximum absolute atomic E-state index is 11.7. The summed E-state index contributed by atoms with van der Waals surface area (Å²) >= 11 is 0. The molecule has 0 radical (unpaired) electrons. The van der Waals surface area contributed by atoms with Crippen molar-refractivity contribution in [3.8, 4) is 5.75 Å². The summed E-state index contributed by atoms with van der Waals surface area (Å²) in [5, 5.41) is 13.0. The number of phenols is 1. The number of carbonyl (C=O) groups excluding carboxylic acids is 1. The highest BCUT2D eigenvalue weighted by molar-refractivity contribution is 6.36. The van der Waals surface area contributed by atoms with Gasteiger partial charge < -0.3 is 14.7 Å². The number of rotatable bonds is 7. The van der Waals surface area contributed by atoms with E-state index >= 15 is 0 Å². The average Bonchev–Trinajstić information content (AvgIpc) is 2.40. The standard InChI is InChI=1S/C14H19NO4/c1-3-9-19-15-13(14(17)18-4-2)10-11-5-7-12(16)8-6-11/h5-8,16H,3-4,9-10H2,1-2H3. The first-order chi connectivity index (χ1) is 9.17. The number of benzene rings is 1. The fourth-order valence-electron chi connectivity index (χ4n) is 1.38. The normalized spacial score (nSPS) is 11.2. The van der Waals surface area contributed by atoms with Crippen LogP contribution in [0.5, 0.6) is 5.75 Å². The minimum Gasteiger partial charge on any atom is -0.508 e. The van der Waals surface area contributed by atoms with Crippen molar-refractivity contribution in [3.05, 3.63) is 29.8 Å². The van der Waals surface area contributed by atoms with Crippen LogP contribution >= 0.6 is 0 Å². The Labute approximate surface area is 112 Å². The number of carbonyl (C=O) groups is 1. The minimum absolute atomic E-state index is 0.181. The summed E-state index contributed by atoms with van der Waals surface area (Å²) in [5.41, 5.74) is 1.07. The van der Waals surface area contributed by atoms with Crippen molar-refractivity contribution in [1.82, 2.24) is 0 Å². The van der Waals surface area contributed by atoms with Gasteiger partial charge in [0.25, 0.3) is 0 Å². The zero-order chi connectivity index (χ0) is 14.1. The molecule has 0 aliphatic heterocycles. The van der Waals surface area contributed by atoms with E-state index in [0.717, 1.165) is 12.0 Å². The summed E-state index contributed by atoms with van der Waals surface area (Å²) in [5.74, 6) is -0.299. The van der Waals surface area contributed by atoms with Crippen molar-refractivity contribution < 1.29 is 19.5 Å². The van der Waals surface area contributed by atoms with E-state index in [0.29, 0.717) is 19.6 Å². The van der Waals surface area contributed by atoms with Crippen molar-refractivity contribution in [2.45, 2.75) is 26.7 Å². The van der Waals surface area contributed by atoms with Crippen molar-refractivity contribution >= 4 is 11.7 Å². The molecule has 1 rings (SSSR count). The minimum atomic E-state index is -0.480. The largest absolute Gasteiger partial charge is 0.508 e. The number of oxime groups is 1. The van der Waals surface area contributed by atoms with Gasteiger partial charge in [0.2, 0.25) is 0 Å². The molecule has 5 heteroatoms. The molecule has 1 aromatic rings. The molecule has 0 atom stereocenters. The second-order valence-electron chi connectivity index (χ2n) is 3.93. The lowest BCUT2D eigenvalue weighted by molar-refractivity contribution is -0.135. The number of hydrogen-bond donors (Lipinski definition) is 1. The van der Waals surface area contributed by atoms with E-state index in [1.54, 1.807) is 31.2 Å². The monoisotopic (exact) mass is 265 g/mol. The highest BCUT2D eigenvalue weighted by Gasteiger charge is 2.14. The summed E-state index contributed by atoms with van der Waals surface area (Å²) in [6, 6.07) is 6.57. The highest BCUT2D eigenvalue weighted by Crippen LogP contribution is 2.11. The Morgan fingerprint density at radius 2 is 1.95 bits per heavy atom. The van der Waals surface area contributed by atoms with Crippen molar-refractivity contribution in [1.29, 1.82) is 0 Å². The summed E-state index contributed by atoms with van der Waals surface area (Å²) in [6.07, 6.45) is 1.13. The molecule has 19 heavy (non-hydrogen) atoms. The fourth-order valence-corrected chi connectivity index (χ4v) is 1.38. The van der Waals surface area contributed by atoms with Crippen LogP contribution in [0.1, 0.15) is 25.8 Å². The predicted molar refractivity (Wildman–Crippen MR) is 72.1 cm³/mol. The van der Waals surface area contributed by atoms with E-state index in [2.05, 4.69) is 5.16 Å². The van der Waals surface area contributed by atoms with E-state index in [4.69, 9.17) is 9.57 Å². The Morgan fingerprint density at radius 1 is 1.26 bits per heavy atom. The number of esters is 1. The van der Waals surface area contributed by atoms with Gasteiger partial charge in [-0.3, -0.25) is 0 Å². The van der Waals surface area contributed by atoms with E-state index < -0.39 is 5.97 Å². The lowest BCUT2D eigenvalue weighted by Gasteiger charge is -2.06. The molecule has 0 aromatic heterocycles. The molecule has 0 bridgehead atoms. The molecular formula is C14H19NO4. The van der Waals surface area contributed by atoms with Gasteiger partial charge in [-0.05, 0) is 31.0 Å². The van der Waals surface area contributed by atoms with Gasteiger partial charge in [-0.15, -0.1) is 0 Å². The second-order valence-corrected chi connectivity index (χ2v) is 3.93. The predicted octanol–water partition coefficient (Wildman–Crippen LogP) is 2.28. The Kier molecular flexibility index (Phi) is 6.43. The summed E-state index contributed by atoms with van der Waals surface area (Å²) in [6.45, 7) is 4.45. The zero-order valence-electron chi connectivity index (χ0n) is 11.3. The van der Waals surface area contributed by atoms with Crippen LogP contribution in [0.25, 0.3) is 0 Å². The number of nitrogens with zero attached hydrogens (tertiary/aromatic N) is 1. The molecule has 0 aliphatic rings. The van der Waals surface area contributed by atoms with Gasteiger partial charge >= 0.3 is 5.97 Å². The van der Waals surface area contributed by atoms with Crippen molar-refractivity contribution in [2.24, 2.45) is 5.16 Å². The fraction of sp³-hybridized carbons (Fsp3) is 0.429.